The zero-order chi connectivity index (χ0) is 21.5. The van der Waals surface area contributed by atoms with Crippen molar-refractivity contribution in [1.29, 1.82) is 0 Å². The number of hydrogen-bond donors (Lipinski definition) is 0. The number of benzene rings is 2. The highest BCUT2D eigenvalue weighted by molar-refractivity contribution is 5.45. The topological polar surface area (TPSA) is 0 Å². The van der Waals surface area contributed by atoms with E-state index in [9.17, 15) is 13.2 Å². The second-order valence-electron chi connectivity index (χ2n) is 8.80. The van der Waals surface area contributed by atoms with Crippen molar-refractivity contribution in [3.63, 3.8) is 0 Å². The summed E-state index contributed by atoms with van der Waals surface area (Å²) in [6.45, 7) is 4.45. The van der Waals surface area contributed by atoms with E-state index in [2.05, 4.69) is 25.7 Å². The maximum absolute atomic E-state index is 14.5. The van der Waals surface area contributed by atoms with Crippen LogP contribution in [0.15, 0.2) is 36.4 Å². The third kappa shape index (κ3) is 6.14. The zero-order valence-electron chi connectivity index (χ0n) is 18.0. The molecule has 0 aliphatic heterocycles. The van der Waals surface area contributed by atoms with Crippen molar-refractivity contribution in [1.82, 2.24) is 0 Å². The molecule has 2 aromatic carbocycles. The Hall–Kier alpha value is -2.21. The molecule has 0 amide bonds. The molecular weight excluding hydrogens is 381 g/mol. The zero-order valence-corrected chi connectivity index (χ0v) is 18.0. The van der Waals surface area contributed by atoms with Crippen LogP contribution in [-0.2, 0) is 6.42 Å². The van der Waals surface area contributed by atoms with Gasteiger partial charge in [0.15, 0.2) is 0 Å². The van der Waals surface area contributed by atoms with Crippen LogP contribution in [0.5, 0.6) is 0 Å². The Morgan fingerprint density at radius 3 is 2.17 bits per heavy atom. The van der Waals surface area contributed by atoms with Gasteiger partial charge in [0.05, 0.1) is 5.56 Å². The lowest BCUT2D eigenvalue weighted by Crippen LogP contribution is -2.21. The number of halogens is 3. The molecule has 160 valence electrons. The summed E-state index contributed by atoms with van der Waals surface area (Å²) < 4.78 is 42.0. The van der Waals surface area contributed by atoms with Crippen molar-refractivity contribution < 1.29 is 13.2 Å². The lowest BCUT2D eigenvalue weighted by Gasteiger charge is -2.32. The Morgan fingerprint density at radius 1 is 0.933 bits per heavy atom. The fraction of sp³-hybridized carbons (Fsp3) is 0.481. The summed E-state index contributed by atoms with van der Waals surface area (Å²) in [4.78, 5) is 0. The number of rotatable bonds is 6. The van der Waals surface area contributed by atoms with Crippen LogP contribution >= 0.6 is 0 Å². The van der Waals surface area contributed by atoms with Crippen LogP contribution in [0.4, 0.5) is 13.2 Å². The fourth-order valence-corrected chi connectivity index (χ4v) is 4.61. The Balaban J connectivity index is 1.62. The monoisotopic (exact) mass is 412 g/mol. The highest BCUT2D eigenvalue weighted by Gasteiger charge is 2.25. The van der Waals surface area contributed by atoms with Gasteiger partial charge in [-0.15, -0.1) is 0 Å². The smallest absolute Gasteiger partial charge is 0.142 e. The standard InChI is InChI=1S/C27H31F3/c1-3-4-5-20-6-11-23(12-7-20)19(2)16-22-17-26(29)25(27(30)18-22)15-10-21-8-13-24(28)14-9-21/h8-9,13-14,17-20,23H,3-7,11-12,16H2,1-2H3. The summed E-state index contributed by atoms with van der Waals surface area (Å²) in [5, 5.41) is 0. The first-order valence-corrected chi connectivity index (χ1v) is 11.2. The van der Waals surface area contributed by atoms with E-state index in [0.717, 1.165) is 5.92 Å². The van der Waals surface area contributed by atoms with Gasteiger partial charge in [0, 0.05) is 5.56 Å². The fourth-order valence-electron chi connectivity index (χ4n) is 4.61. The highest BCUT2D eigenvalue weighted by Crippen LogP contribution is 2.37. The molecule has 1 aliphatic rings. The van der Waals surface area contributed by atoms with Gasteiger partial charge in [0.25, 0.3) is 0 Å². The van der Waals surface area contributed by atoms with Gasteiger partial charge in [0.2, 0.25) is 0 Å². The van der Waals surface area contributed by atoms with Gasteiger partial charge in [-0.1, -0.05) is 57.8 Å². The molecule has 1 unspecified atom stereocenters. The van der Waals surface area contributed by atoms with Crippen molar-refractivity contribution in [2.24, 2.45) is 17.8 Å². The normalized spacial score (nSPS) is 19.8. The van der Waals surface area contributed by atoms with Crippen molar-refractivity contribution in [3.8, 4) is 11.8 Å². The van der Waals surface area contributed by atoms with Crippen LogP contribution in [0, 0.1) is 47.0 Å². The van der Waals surface area contributed by atoms with Crippen molar-refractivity contribution >= 4 is 0 Å². The first-order valence-electron chi connectivity index (χ1n) is 11.2. The minimum atomic E-state index is -0.630. The quantitative estimate of drug-likeness (QED) is 0.427. The molecule has 30 heavy (non-hydrogen) atoms. The molecule has 0 bridgehead atoms. The van der Waals surface area contributed by atoms with Crippen molar-refractivity contribution in [3.05, 3.63) is 70.5 Å². The van der Waals surface area contributed by atoms with Crippen LogP contribution in [0.3, 0.4) is 0 Å². The SMILES string of the molecule is CCCCC1CCC(C(C)Cc2cc(F)c(C#Cc3ccc(F)cc3)c(F)c2)CC1. The number of unbranched alkanes of at least 4 members (excludes halogenated alkanes) is 1. The molecule has 2 aromatic rings. The minimum absolute atomic E-state index is 0.229. The van der Waals surface area contributed by atoms with Crippen molar-refractivity contribution in [2.45, 2.75) is 65.2 Å². The van der Waals surface area contributed by atoms with E-state index in [1.807, 2.05) is 0 Å². The van der Waals surface area contributed by atoms with Crippen LogP contribution in [-0.4, -0.2) is 0 Å². The van der Waals surface area contributed by atoms with E-state index >= 15 is 0 Å². The van der Waals surface area contributed by atoms with Gasteiger partial charge >= 0.3 is 0 Å². The Kier molecular flexibility index (Phi) is 8.02. The molecule has 3 rings (SSSR count). The highest BCUT2D eigenvalue weighted by atomic mass is 19.1. The Labute approximate surface area is 178 Å². The van der Waals surface area contributed by atoms with Gasteiger partial charge in [0.1, 0.15) is 17.5 Å². The average Bonchev–Trinajstić information content (AvgIpc) is 2.73. The third-order valence-electron chi connectivity index (χ3n) is 6.50. The summed E-state index contributed by atoms with van der Waals surface area (Å²) in [5.74, 6) is 5.54. The summed E-state index contributed by atoms with van der Waals surface area (Å²) in [6, 6.07) is 8.37. The summed E-state index contributed by atoms with van der Waals surface area (Å²) in [7, 11) is 0. The van der Waals surface area contributed by atoms with Crippen LogP contribution in [0.2, 0.25) is 0 Å². The van der Waals surface area contributed by atoms with E-state index in [1.165, 1.54) is 81.3 Å². The maximum atomic E-state index is 14.5. The van der Waals surface area contributed by atoms with Crippen LogP contribution in [0.1, 0.15) is 75.5 Å². The Bertz CT molecular complexity index is 858. The minimum Gasteiger partial charge on any atom is -0.207 e. The lowest BCUT2D eigenvalue weighted by atomic mass is 9.73. The van der Waals surface area contributed by atoms with Crippen LogP contribution in [0.25, 0.3) is 0 Å². The summed E-state index contributed by atoms with van der Waals surface area (Å²) >= 11 is 0. The van der Waals surface area contributed by atoms with Gasteiger partial charge in [-0.3, -0.25) is 0 Å². The van der Waals surface area contributed by atoms with E-state index in [1.54, 1.807) is 0 Å². The molecule has 0 spiro atoms. The van der Waals surface area contributed by atoms with E-state index in [0.29, 0.717) is 29.4 Å². The molecule has 1 aliphatic carbocycles. The molecule has 0 N–H and O–H groups in total. The van der Waals surface area contributed by atoms with Gasteiger partial charge in [-0.25, -0.2) is 13.2 Å². The first kappa shape index (κ1) is 22.5. The predicted molar refractivity (Wildman–Crippen MR) is 117 cm³/mol. The first-order chi connectivity index (χ1) is 14.5. The summed E-state index contributed by atoms with van der Waals surface area (Å²) in [6.07, 6.45) is 9.63. The largest absolute Gasteiger partial charge is 0.207 e. The molecule has 0 saturated heterocycles. The van der Waals surface area contributed by atoms with Crippen LogP contribution < -0.4 is 0 Å². The molecule has 0 nitrogen and oxygen atoms in total. The molecule has 1 atom stereocenters. The average molecular weight is 413 g/mol. The molecule has 0 aromatic heterocycles. The molecule has 1 fully saturated rings. The van der Waals surface area contributed by atoms with Crippen molar-refractivity contribution in [2.75, 3.05) is 0 Å². The molecular formula is C27H31F3. The molecule has 0 radical (unpaired) electrons. The van der Waals surface area contributed by atoms with E-state index in [4.69, 9.17) is 0 Å². The van der Waals surface area contributed by atoms with E-state index in [-0.39, 0.29) is 11.4 Å². The number of hydrogen-bond acceptors (Lipinski definition) is 0. The third-order valence-corrected chi connectivity index (χ3v) is 6.50. The molecule has 1 saturated carbocycles. The second-order valence-corrected chi connectivity index (χ2v) is 8.80. The molecule has 0 heterocycles. The lowest BCUT2D eigenvalue weighted by molar-refractivity contribution is 0.204. The summed E-state index contributed by atoms with van der Waals surface area (Å²) in [5.41, 5.74) is 0.979. The predicted octanol–water partition coefficient (Wildman–Crippen LogP) is 7.68. The van der Waals surface area contributed by atoms with E-state index < -0.39 is 11.6 Å². The van der Waals surface area contributed by atoms with Gasteiger partial charge in [-0.2, -0.15) is 0 Å². The van der Waals surface area contributed by atoms with Gasteiger partial charge < -0.3 is 0 Å². The second kappa shape index (κ2) is 10.7. The Morgan fingerprint density at radius 2 is 1.57 bits per heavy atom. The molecule has 3 heteroatoms. The van der Waals surface area contributed by atoms with Gasteiger partial charge in [-0.05, 0) is 79.0 Å². The maximum Gasteiger partial charge on any atom is 0.142 e.